The summed E-state index contributed by atoms with van der Waals surface area (Å²) in [5.74, 6) is -1.71. The van der Waals surface area contributed by atoms with Crippen molar-refractivity contribution in [3.05, 3.63) is 43.8 Å². The number of thiazole rings is 1. The first-order valence-corrected chi connectivity index (χ1v) is 8.85. The van der Waals surface area contributed by atoms with Crippen LogP contribution in [0.1, 0.15) is 21.1 Å². The summed E-state index contributed by atoms with van der Waals surface area (Å²) in [6.45, 7) is 1.76. The van der Waals surface area contributed by atoms with Gasteiger partial charge in [0.2, 0.25) is 0 Å². The smallest absolute Gasteiger partial charge is 0.337 e. The first kappa shape index (κ1) is 16.2. The molecule has 0 bridgehead atoms. The third-order valence-electron chi connectivity index (χ3n) is 2.57. The van der Waals surface area contributed by atoms with Gasteiger partial charge in [-0.05, 0) is 19.1 Å². The number of nitrogens with zero attached hydrogens (tertiary/aromatic N) is 1. The van der Waals surface area contributed by atoms with Crippen LogP contribution in [-0.2, 0) is 15.6 Å². The van der Waals surface area contributed by atoms with Crippen LogP contribution in [0.4, 0.5) is 0 Å². The minimum atomic E-state index is -3.84. The van der Waals surface area contributed by atoms with E-state index in [1.807, 2.05) is 0 Å². The van der Waals surface area contributed by atoms with E-state index in [0.717, 1.165) is 17.1 Å². The van der Waals surface area contributed by atoms with Crippen molar-refractivity contribution in [2.75, 3.05) is 0 Å². The molecule has 0 spiro atoms. The molecule has 0 aliphatic rings. The van der Waals surface area contributed by atoms with Crippen LogP contribution >= 0.6 is 34.5 Å². The first-order chi connectivity index (χ1) is 9.70. The van der Waals surface area contributed by atoms with Gasteiger partial charge in [-0.1, -0.05) is 23.2 Å². The summed E-state index contributed by atoms with van der Waals surface area (Å²) >= 11 is 13.0. The van der Waals surface area contributed by atoms with Crippen LogP contribution in [0.15, 0.2) is 22.4 Å². The van der Waals surface area contributed by atoms with Gasteiger partial charge in [-0.3, -0.25) is 0 Å². The van der Waals surface area contributed by atoms with Gasteiger partial charge in [0.15, 0.2) is 9.84 Å². The maximum Gasteiger partial charge on any atom is 0.337 e. The number of carbonyl (C=O) groups is 1. The molecule has 9 heteroatoms. The molecule has 5 nitrogen and oxygen atoms in total. The molecule has 2 rings (SSSR count). The van der Waals surface area contributed by atoms with E-state index in [0.29, 0.717) is 5.69 Å². The molecule has 0 atom stereocenters. The molecule has 1 heterocycles. The number of sulfone groups is 1. The molecule has 2 aromatic rings. The lowest BCUT2D eigenvalue weighted by atomic mass is 10.2. The standard InChI is InChI=1S/C12H9Cl2NO4S2/c1-6-15-8(4-20-6)5-21(18,19)10-3-7(13)2-9(11(10)14)12(16)17/h2-4H,5H2,1H3,(H,16,17). The fourth-order valence-electron chi connectivity index (χ4n) is 1.69. The minimum absolute atomic E-state index is 0.00941. The van der Waals surface area contributed by atoms with Crippen molar-refractivity contribution in [3.8, 4) is 0 Å². The second-order valence-corrected chi connectivity index (χ2v) is 8.02. The van der Waals surface area contributed by atoms with E-state index in [1.54, 1.807) is 12.3 Å². The van der Waals surface area contributed by atoms with Crippen LogP contribution in [0, 0.1) is 6.92 Å². The first-order valence-electron chi connectivity index (χ1n) is 5.57. The highest BCUT2D eigenvalue weighted by Crippen LogP contribution is 2.31. The number of aryl methyl sites for hydroxylation is 1. The molecule has 112 valence electrons. The number of benzene rings is 1. The monoisotopic (exact) mass is 365 g/mol. The van der Waals surface area contributed by atoms with Crippen molar-refractivity contribution < 1.29 is 18.3 Å². The molecule has 0 aliphatic heterocycles. The van der Waals surface area contributed by atoms with Crippen molar-refractivity contribution in [2.45, 2.75) is 17.6 Å². The predicted molar refractivity (Wildman–Crippen MR) is 81.2 cm³/mol. The lowest BCUT2D eigenvalue weighted by molar-refractivity contribution is 0.0697. The fraction of sp³-hybridized carbons (Fsp3) is 0.167. The molecule has 21 heavy (non-hydrogen) atoms. The summed E-state index contributed by atoms with van der Waals surface area (Å²) in [4.78, 5) is 14.8. The summed E-state index contributed by atoms with van der Waals surface area (Å²) in [5.41, 5.74) is 0.0302. The zero-order valence-corrected chi connectivity index (χ0v) is 13.8. The zero-order chi connectivity index (χ0) is 15.8. The summed E-state index contributed by atoms with van der Waals surface area (Å²) in [7, 11) is -3.84. The average molecular weight is 366 g/mol. The van der Waals surface area contributed by atoms with Crippen molar-refractivity contribution in [1.82, 2.24) is 4.98 Å². The van der Waals surface area contributed by atoms with Crippen LogP contribution < -0.4 is 0 Å². The van der Waals surface area contributed by atoms with Gasteiger partial charge < -0.3 is 5.11 Å². The second kappa shape index (κ2) is 5.92. The van der Waals surface area contributed by atoms with Gasteiger partial charge in [-0.2, -0.15) is 0 Å². The van der Waals surface area contributed by atoms with Crippen LogP contribution in [0.3, 0.4) is 0 Å². The van der Waals surface area contributed by atoms with Gasteiger partial charge in [0.25, 0.3) is 0 Å². The minimum Gasteiger partial charge on any atom is -0.478 e. The summed E-state index contributed by atoms with van der Waals surface area (Å²) in [6, 6.07) is 2.25. The number of halogens is 2. The molecule has 1 N–H and O–H groups in total. The Morgan fingerprint density at radius 1 is 1.38 bits per heavy atom. The third-order valence-corrected chi connectivity index (χ3v) is 5.80. The average Bonchev–Trinajstić information content (AvgIpc) is 2.76. The number of hydrogen-bond donors (Lipinski definition) is 1. The van der Waals surface area contributed by atoms with Gasteiger partial charge in [-0.15, -0.1) is 11.3 Å². The van der Waals surface area contributed by atoms with Crippen LogP contribution in [0.25, 0.3) is 0 Å². The Balaban J connectivity index is 2.52. The van der Waals surface area contributed by atoms with E-state index in [2.05, 4.69) is 4.98 Å². The number of carboxylic acid groups (broad SMARTS) is 1. The SMILES string of the molecule is Cc1nc(CS(=O)(=O)c2cc(Cl)cc(C(=O)O)c2Cl)cs1. The Morgan fingerprint density at radius 2 is 2.05 bits per heavy atom. The van der Waals surface area contributed by atoms with Crippen molar-refractivity contribution in [2.24, 2.45) is 0 Å². The molecule has 0 radical (unpaired) electrons. The third kappa shape index (κ3) is 3.55. The van der Waals surface area contributed by atoms with Gasteiger partial charge in [-0.25, -0.2) is 18.2 Å². The molecule has 0 unspecified atom stereocenters. The Kier molecular flexibility index (Phi) is 4.57. The second-order valence-electron chi connectivity index (χ2n) is 4.19. The number of aromatic nitrogens is 1. The zero-order valence-electron chi connectivity index (χ0n) is 10.6. The van der Waals surface area contributed by atoms with E-state index in [-0.39, 0.29) is 26.3 Å². The van der Waals surface area contributed by atoms with E-state index < -0.39 is 15.8 Å². The van der Waals surface area contributed by atoms with Crippen molar-refractivity contribution in [1.29, 1.82) is 0 Å². The molecule has 0 amide bonds. The summed E-state index contributed by atoms with van der Waals surface area (Å²) in [5, 5.41) is 11.0. The predicted octanol–water partition coefficient (Wildman–Crippen LogP) is 3.43. The van der Waals surface area contributed by atoms with Gasteiger partial charge >= 0.3 is 5.97 Å². The van der Waals surface area contributed by atoms with Gasteiger partial charge in [0.1, 0.15) is 0 Å². The Labute approximate surface area is 135 Å². The van der Waals surface area contributed by atoms with Crippen LogP contribution in [0.5, 0.6) is 0 Å². The maximum atomic E-state index is 12.4. The molecule has 0 aliphatic carbocycles. The largest absolute Gasteiger partial charge is 0.478 e. The molecule has 0 fully saturated rings. The highest BCUT2D eigenvalue weighted by Gasteiger charge is 2.25. The van der Waals surface area contributed by atoms with Gasteiger partial charge in [0, 0.05) is 10.4 Å². The molecule has 0 saturated carbocycles. The Bertz CT molecular complexity index is 815. The normalized spacial score (nSPS) is 11.6. The summed E-state index contributed by atoms with van der Waals surface area (Å²) < 4.78 is 24.8. The highest BCUT2D eigenvalue weighted by molar-refractivity contribution is 7.90. The maximum absolute atomic E-state index is 12.4. The molecule has 1 aromatic carbocycles. The quantitative estimate of drug-likeness (QED) is 0.896. The van der Waals surface area contributed by atoms with Crippen LogP contribution in [0.2, 0.25) is 10.0 Å². The van der Waals surface area contributed by atoms with E-state index in [9.17, 15) is 13.2 Å². The number of carboxylic acids is 1. The lowest BCUT2D eigenvalue weighted by Gasteiger charge is -2.08. The van der Waals surface area contributed by atoms with Crippen LogP contribution in [-0.4, -0.2) is 24.5 Å². The van der Waals surface area contributed by atoms with E-state index in [4.69, 9.17) is 28.3 Å². The Morgan fingerprint density at radius 3 is 2.57 bits per heavy atom. The van der Waals surface area contributed by atoms with Gasteiger partial charge in [0.05, 0.1) is 31.9 Å². The van der Waals surface area contributed by atoms with E-state index in [1.165, 1.54) is 11.3 Å². The number of hydrogen-bond acceptors (Lipinski definition) is 5. The Hall–Kier alpha value is -1.15. The topological polar surface area (TPSA) is 84.3 Å². The van der Waals surface area contributed by atoms with Crippen molar-refractivity contribution >= 4 is 50.3 Å². The lowest BCUT2D eigenvalue weighted by Crippen LogP contribution is -2.09. The number of rotatable bonds is 4. The molecule has 1 aromatic heterocycles. The molecular formula is C12H9Cl2NO4S2. The summed E-state index contributed by atoms with van der Waals surface area (Å²) in [6.07, 6.45) is 0. The fourth-order valence-corrected chi connectivity index (χ4v) is 4.62. The number of aromatic carboxylic acids is 1. The molecular weight excluding hydrogens is 357 g/mol. The molecule has 0 saturated heterocycles. The highest BCUT2D eigenvalue weighted by atomic mass is 35.5. The van der Waals surface area contributed by atoms with E-state index >= 15 is 0 Å². The van der Waals surface area contributed by atoms with Crippen molar-refractivity contribution in [3.63, 3.8) is 0 Å².